The number of H-pyrrole nitrogens is 2. The minimum absolute atomic E-state index is 0.0189. The molecule has 11 nitrogen and oxygen atoms in total. The summed E-state index contributed by atoms with van der Waals surface area (Å²) >= 11 is 1.35. The van der Waals surface area contributed by atoms with Gasteiger partial charge < -0.3 is 35.9 Å². The van der Waals surface area contributed by atoms with Gasteiger partial charge >= 0.3 is 11.9 Å². The highest BCUT2D eigenvalue weighted by Crippen LogP contribution is 2.38. The van der Waals surface area contributed by atoms with Crippen LogP contribution in [0.5, 0.6) is 0 Å². The van der Waals surface area contributed by atoms with E-state index in [1.54, 1.807) is 6.92 Å². The molecular weight excluding hydrogens is 596 g/mol. The van der Waals surface area contributed by atoms with Gasteiger partial charge in [-0.3, -0.25) is 19.2 Å². The van der Waals surface area contributed by atoms with Crippen LogP contribution in [0.1, 0.15) is 78.6 Å². The van der Waals surface area contributed by atoms with Gasteiger partial charge in [0.25, 0.3) is 0 Å². The lowest BCUT2D eigenvalue weighted by atomic mass is 9.91. The number of aliphatic hydroxyl groups excluding tert-OH is 1. The zero-order valence-electron chi connectivity index (χ0n) is 26.3. The van der Waals surface area contributed by atoms with Crippen LogP contribution in [0.4, 0.5) is 0 Å². The van der Waals surface area contributed by atoms with Crippen LogP contribution < -0.4 is 10.6 Å². The first-order valence-corrected chi connectivity index (χ1v) is 16.6. The highest BCUT2D eigenvalue weighted by Gasteiger charge is 2.52. The van der Waals surface area contributed by atoms with Crippen LogP contribution in [-0.2, 0) is 56.6 Å². The number of amides is 2. The summed E-state index contributed by atoms with van der Waals surface area (Å²) in [4.78, 5) is 55.3. The maximum atomic E-state index is 12.6. The quantitative estimate of drug-likeness (QED) is 0.0996. The average Bonchev–Trinajstić information content (AvgIpc) is 3.52. The zero-order valence-corrected chi connectivity index (χ0v) is 27.2. The zero-order chi connectivity index (χ0) is 32.7. The van der Waals surface area contributed by atoms with Crippen LogP contribution in [0.3, 0.4) is 0 Å². The van der Waals surface area contributed by atoms with Crippen LogP contribution in [0, 0.1) is 25.7 Å². The second-order valence-corrected chi connectivity index (χ2v) is 14.0. The van der Waals surface area contributed by atoms with E-state index in [0.717, 1.165) is 62.1 Å². The van der Waals surface area contributed by atoms with E-state index in [2.05, 4.69) is 20.6 Å². The molecule has 2 aromatic heterocycles. The van der Waals surface area contributed by atoms with Gasteiger partial charge in [-0.25, -0.2) is 0 Å². The average molecular weight is 640 g/mol. The number of carbonyl (C=O) groups is 4. The van der Waals surface area contributed by atoms with Crippen molar-refractivity contribution in [3.05, 3.63) is 61.9 Å². The molecule has 2 aromatic rings. The van der Waals surface area contributed by atoms with E-state index in [9.17, 15) is 34.5 Å². The molecule has 45 heavy (non-hydrogen) atoms. The Labute approximate surface area is 266 Å². The van der Waals surface area contributed by atoms with E-state index in [4.69, 9.17) is 0 Å². The van der Waals surface area contributed by atoms with Gasteiger partial charge in [-0.15, -0.1) is 0 Å². The van der Waals surface area contributed by atoms with Gasteiger partial charge in [-0.2, -0.15) is 0 Å². The number of carboxylic acids is 2. The third kappa shape index (κ3) is 6.76. The largest absolute Gasteiger partial charge is 0.481 e. The van der Waals surface area contributed by atoms with E-state index >= 15 is 0 Å². The molecule has 5 heterocycles. The van der Waals surface area contributed by atoms with Gasteiger partial charge in [0.05, 0.1) is 18.1 Å². The number of thiol groups is 1. The number of hydrogen-bond acceptors (Lipinski definition) is 5. The van der Waals surface area contributed by atoms with Gasteiger partial charge in [-0.1, -0.05) is 6.92 Å². The van der Waals surface area contributed by atoms with Crippen molar-refractivity contribution in [3.8, 4) is 0 Å². The molecule has 0 spiro atoms. The first kappa shape index (κ1) is 32.6. The lowest BCUT2D eigenvalue weighted by molar-refractivity contribution is -0.138. The van der Waals surface area contributed by atoms with Crippen LogP contribution in [0.15, 0.2) is 16.8 Å². The van der Waals surface area contributed by atoms with Crippen molar-refractivity contribution in [2.75, 3.05) is 5.75 Å². The summed E-state index contributed by atoms with van der Waals surface area (Å²) in [6, 6.07) is -0.306. The topological polar surface area (TPSA) is 185 Å². The SMILES string of the molecule is CC1=C([C@@H](C)O)C(=O)N[C@@H]1Cc1[nH]c(Cc2[nH]c(/C=C3\NC(=O)[C@H](C)[C@H]3[C@H]3C[SH+]3)c(C)c2CCC(=O)O)c(CCC(=O)O)c1C. The second-order valence-electron chi connectivity index (χ2n) is 12.6. The Hall–Kier alpha value is -3.77. The summed E-state index contributed by atoms with van der Waals surface area (Å²) in [7, 11) is 0. The highest BCUT2D eigenvalue weighted by atomic mass is 32.2. The predicted molar refractivity (Wildman–Crippen MR) is 172 cm³/mol. The lowest BCUT2D eigenvalue weighted by Gasteiger charge is -2.12. The van der Waals surface area contributed by atoms with E-state index in [-0.39, 0.29) is 42.5 Å². The lowest BCUT2D eigenvalue weighted by Crippen LogP contribution is -2.31. The molecule has 3 aliphatic rings. The first-order valence-electron chi connectivity index (χ1n) is 15.5. The first-order chi connectivity index (χ1) is 21.3. The number of aliphatic hydroxyl groups is 1. The third-order valence-corrected chi connectivity index (χ3v) is 10.7. The molecule has 0 bridgehead atoms. The van der Waals surface area contributed by atoms with E-state index < -0.39 is 18.0 Å². The van der Waals surface area contributed by atoms with Crippen molar-refractivity contribution in [2.24, 2.45) is 11.8 Å². The third-order valence-electron chi connectivity index (χ3n) is 9.62. The maximum absolute atomic E-state index is 12.6. The minimum Gasteiger partial charge on any atom is -0.481 e. The monoisotopic (exact) mass is 639 g/mol. The van der Waals surface area contributed by atoms with Crippen molar-refractivity contribution in [1.29, 1.82) is 0 Å². The number of allylic oxidation sites excluding steroid dienone is 1. The van der Waals surface area contributed by atoms with Crippen LogP contribution in [0.25, 0.3) is 6.08 Å². The normalized spacial score (nSPS) is 24.4. The van der Waals surface area contributed by atoms with Crippen molar-refractivity contribution >= 4 is 41.6 Å². The predicted octanol–water partition coefficient (Wildman–Crippen LogP) is 2.24. The number of carbonyl (C=O) groups excluding carboxylic acids is 2. The van der Waals surface area contributed by atoms with Gasteiger partial charge in [0, 0.05) is 65.6 Å². The summed E-state index contributed by atoms with van der Waals surface area (Å²) in [6.07, 6.45) is 2.50. The number of aromatic amines is 2. The number of rotatable bonds is 13. The smallest absolute Gasteiger partial charge is 0.303 e. The van der Waals surface area contributed by atoms with Crippen molar-refractivity contribution < 1.29 is 34.5 Å². The molecule has 5 atom stereocenters. The number of nitrogens with one attached hydrogen (secondary N) is 4. The van der Waals surface area contributed by atoms with Crippen molar-refractivity contribution in [2.45, 2.75) is 90.5 Å². The fourth-order valence-corrected chi connectivity index (χ4v) is 7.97. The summed E-state index contributed by atoms with van der Waals surface area (Å²) in [5, 5.41) is 35.6. The van der Waals surface area contributed by atoms with Crippen LogP contribution in [-0.4, -0.2) is 72.2 Å². The summed E-state index contributed by atoms with van der Waals surface area (Å²) in [6.45, 7) is 9.27. The molecule has 0 aliphatic carbocycles. The molecule has 0 unspecified atom stereocenters. The van der Waals surface area contributed by atoms with Crippen LogP contribution >= 0.6 is 0 Å². The summed E-state index contributed by atoms with van der Waals surface area (Å²) < 4.78 is 0. The number of carboxylic acid groups (broad SMARTS) is 2. The molecule has 0 aromatic carbocycles. The standard InChI is InChI=1S/C33H42N4O7S/c1-14-19(6-8-28(39)40)24(34-21(14)10-23-16(3)30(18(5)38)33(44)36-23)12-25-20(7-9-29(41)42)15(2)22(35-25)11-26-31(27-13-45-27)17(4)32(43)37-26/h11,17-18,23,27,31,34-35,38H,6-10,12-13H2,1-5H3,(H,36,44)(H,37,43)(H,39,40)(H,41,42)/p+1/b26-11-/t17-,18-,23-,27-,31-/m1/s1. The highest BCUT2D eigenvalue weighted by molar-refractivity contribution is 7.86. The van der Waals surface area contributed by atoms with Crippen molar-refractivity contribution in [3.63, 3.8) is 0 Å². The van der Waals surface area contributed by atoms with Gasteiger partial charge in [-0.05, 0) is 86.2 Å². The van der Waals surface area contributed by atoms with Gasteiger partial charge in [0.1, 0.15) is 0 Å². The maximum Gasteiger partial charge on any atom is 0.303 e. The number of aliphatic carboxylic acids is 2. The van der Waals surface area contributed by atoms with Gasteiger partial charge in [0.15, 0.2) is 11.0 Å². The fraction of sp³-hybridized carbons (Fsp3) is 0.515. The summed E-state index contributed by atoms with van der Waals surface area (Å²) in [5.74, 6) is -0.966. The molecular formula is C33H43N4O7S+. The molecule has 242 valence electrons. The Morgan fingerprint density at radius 3 is 2.13 bits per heavy atom. The fourth-order valence-electron chi connectivity index (χ4n) is 6.97. The second kappa shape index (κ2) is 12.9. The molecule has 5 rings (SSSR count). The Kier molecular flexibility index (Phi) is 9.36. The Morgan fingerprint density at radius 2 is 1.58 bits per heavy atom. The molecule has 0 radical (unpaired) electrons. The number of hydrogen-bond donors (Lipinski definition) is 7. The molecule has 7 N–H and O–H groups in total. The Morgan fingerprint density at radius 1 is 0.978 bits per heavy atom. The molecule has 0 saturated carbocycles. The number of aromatic nitrogens is 2. The minimum atomic E-state index is -0.907. The molecule has 12 heteroatoms. The molecule has 2 saturated heterocycles. The van der Waals surface area contributed by atoms with Gasteiger partial charge in [0.2, 0.25) is 11.8 Å². The molecule has 2 fully saturated rings. The van der Waals surface area contributed by atoms with Crippen molar-refractivity contribution in [1.82, 2.24) is 20.6 Å². The summed E-state index contributed by atoms with van der Waals surface area (Å²) in [5.41, 5.74) is 9.04. The molecule has 3 aliphatic heterocycles. The van der Waals surface area contributed by atoms with E-state index in [1.807, 2.05) is 33.8 Å². The Bertz CT molecular complexity index is 1610. The van der Waals surface area contributed by atoms with E-state index in [1.165, 1.54) is 11.8 Å². The van der Waals surface area contributed by atoms with Crippen LogP contribution in [0.2, 0.25) is 0 Å². The van der Waals surface area contributed by atoms with E-state index in [0.29, 0.717) is 36.5 Å². The molecule has 2 amide bonds. The Balaban J connectivity index is 1.51.